The molecule has 0 spiro atoms. The summed E-state index contributed by atoms with van der Waals surface area (Å²) in [5, 5.41) is 9.32. The fourth-order valence-corrected chi connectivity index (χ4v) is 3.67. The highest BCUT2D eigenvalue weighted by molar-refractivity contribution is 5.95. The van der Waals surface area contributed by atoms with Crippen LogP contribution in [-0.4, -0.2) is 35.0 Å². The lowest BCUT2D eigenvalue weighted by Crippen LogP contribution is -2.39. The van der Waals surface area contributed by atoms with Crippen LogP contribution in [0.25, 0.3) is 0 Å². The Hall–Kier alpha value is -2.56. The van der Waals surface area contributed by atoms with Gasteiger partial charge in [-0.1, -0.05) is 32.0 Å². The van der Waals surface area contributed by atoms with Crippen molar-refractivity contribution in [3.8, 4) is 0 Å². The molecule has 0 aliphatic carbocycles. The van der Waals surface area contributed by atoms with Gasteiger partial charge in [0.05, 0.1) is 17.4 Å². The lowest BCUT2D eigenvalue weighted by atomic mass is 9.88. The number of furan rings is 1. The zero-order chi connectivity index (χ0) is 18.7. The maximum Gasteiger partial charge on any atom is 0.335 e. The van der Waals surface area contributed by atoms with Crippen molar-refractivity contribution in [2.45, 2.75) is 39.0 Å². The van der Waals surface area contributed by atoms with E-state index in [-0.39, 0.29) is 11.8 Å². The van der Waals surface area contributed by atoms with Gasteiger partial charge in [0.1, 0.15) is 5.76 Å². The third-order valence-corrected chi connectivity index (χ3v) is 5.11. The predicted octanol–water partition coefficient (Wildman–Crippen LogP) is 4.20. The number of aromatic carboxylic acids is 1. The Bertz CT molecular complexity index is 785. The molecule has 138 valence electrons. The van der Waals surface area contributed by atoms with Crippen molar-refractivity contribution in [1.29, 1.82) is 0 Å². The summed E-state index contributed by atoms with van der Waals surface area (Å²) in [6.07, 6.45) is 4.09. The van der Waals surface area contributed by atoms with Crippen LogP contribution in [-0.2, 0) is 6.42 Å². The number of carbonyl (C=O) groups is 2. The first-order valence-electron chi connectivity index (χ1n) is 9.15. The fourth-order valence-electron chi connectivity index (χ4n) is 3.67. The molecule has 5 heteroatoms. The van der Waals surface area contributed by atoms with Crippen LogP contribution < -0.4 is 0 Å². The van der Waals surface area contributed by atoms with Gasteiger partial charge in [-0.3, -0.25) is 4.79 Å². The van der Waals surface area contributed by atoms with Gasteiger partial charge in [-0.2, -0.15) is 0 Å². The summed E-state index contributed by atoms with van der Waals surface area (Å²) in [7, 11) is 0. The number of rotatable bonds is 5. The van der Waals surface area contributed by atoms with E-state index in [0.29, 0.717) is 30.1 Å². The zero-order valence-electron chi connectivity index (χ0n) is 15.3. The number of likely N-dealkylation sites (tertiary alicyclic amines) is 1. The molecule has 5 nitrogen and oxygen atoms in total. The fraction of sp³-hybridized carbons (Fsp3) is 0.429. The molecular weight excluding hydrogens is 330 g/mol. The lowest BCUT2D eigenvalue weighted by molar-refractivity contribution is 0.0687. The number of hydrogen-bond donors (Lipinski definition) is 1. The van der Waals surface area contributed by atoms with E-state index in [1.54, 1.807) is 24.5 Å². The monoisotopic (exact) mass is 355 g/mol. The van der Waals surface area contributed by atoms with Gasteiger partial charge in [0.15, 0.2) is 0 Å². The van der Waals surface area contributed by atoms with E-state index in [4.69, 9.17) is 4.42 Å². The summed E-state index contributed by atoms with van der Waals surface area (Å²) < 4.78 is 5.47. The number of hydrogen-bond acceptors (Lipinski definition) is 3. The molecule has 2 aromatic rings. The van der Waals surface area contributed by atoms with Crippen LogP contribution in [0.1, 0.15) is 64.6 Å². The Morgan fingerprint density at radius 1 is 1.15 bits per heavy atom. The summed E-state index contributed by atoms with van der Waals surface area (Å²) in [6.45, 7) is 5.42. The van der Waals surface area contributed by atoms with E-state index in [1.165, 1.54) is 0 Å². The second-order valence-electron chi connectivity index (χ2n) is 7.26. The number of carboxylic acid groups (broad SMARTS) is 1. The maximum absolute atomic E-state index is 12.8. The molecule has 1 saturated heterocycles. The van der Waals surface area contributed by atoms with E-state index in [0.717, 1.165) is 30.6 Å². The highest BCUT2D eigenvalue weighted by atomic mass is 16.4. The van der Waals surface area contributed by atoms with Gasteiger partial charge >= 0.3 is 5.97 Å². The highest BCUT2D eigenvalue weighted by Crippen LogP contribution is 2.27. The average Bonchev–Trinajstić information content (AvgIpc) is 3.12. The van der Waals surface area contributed by atoms with Gasteiger partial charge < -0.3 is 14.4 Å². The van der Waals surface area contributed by atoms with Crippen molar-refractivity contribution in [3.05, 3.63) is 59.0 Å². The van der Waals surface area contributed by atoms with Crippen LogP contribution in [0.3, 0.4) is 0 Å². The van der Waals surface area contributed by atoms with Crippen LogP contribution in [0.15, 0.2) is 41.0 Å². The minimum Gasteiger partial charge on any atom is -0.478 e. The second kappa shape index (κ2) is 7.77. The van der Waals surface area contributed by atoms with E-state index in [2.05, 4.69) is 0 Å². The summed E-state index contributed by atoms with van der Waals surface area (Å²) in [5.41, 5.74) is 1.92. The number of carbonyl (C=O) groups excluding carboxylic acids is 1. The van der Waals surface area contributed by atoms with Crippen molar-refractivity contribution >= 4 is 11.9 Å². The Morgan fingerprint density at radius 3 is 2.50 bits per heavy atom. The molecule has 2 heterocycles. The van der Waals surface area contributed by atoms with Crippen molar-refractivity contribution in [2.24, 2.45) is 5.92 Å². The molecule has 1 N–H and O–H groups in total. The van der Waals surface area contributed by atoms with Crippen molar-refractivity contribution < 1.29 is 19.1 Å². The number of carboxylic acids is 1. The zero-order valence-corrected chi connectivity index (χ0v) is 15.3. The Labute approximate surface area is 153 Å². The third kappa shape index (κ3) is 3.82. The molecule has 0 atom stereocenters. The molecule has 0 bridgehead atoms. The first-order chi connectivity index (χ1) is 12.5. The highest BCUT2D eigenvalue weighted by Gasteiger charge is 2.27. The molecule has 1 aliphatic heterocycles. The van der Waals surface area contributed by atoms with Crippen molar-refractivity contribution in [2.75, 3.05) is 13.1 Å². The smallest absolute Gasteiger partial charge is 0.335 e. The topological polar surface area (TPSA) is 70.8 Å². The standard InChI is InChI=1S/C21H25NO4/c1-14(2)19-18(9-12-26-19)20(23)22-10-7-15(8-11-22)13-16-5-3-4-6-17(16)21(24)25/h3-6,9,12,14-15H,7-8,10-11,13H2,1-2H3,(H,24,25). The van der Waals surface area contributed by atoms with Gasteiger partial charge in [0.2, 0.25) is 0 Å². The molecule has 1 aromatic heterocycles. The minimum absolute atomic E-state index is 0.0341. The van der Waals surface area contributed by atoms with Crippen LogP contribution in [0.2, 0.25) is 0 Å². The molecule has 1 aliphatic rings. The van der Waals surface area contributed by atoms with Crippen LogP contribution in [0, 0.1) is 5.92 Å². The third-order valence-electron chi connectivity index (χ3n) is 5.11. The molecule has 0 radical (unpaired) electrons. The average molecular weight is 355 g/mol. The maximum atomic E-state index is 12.8. The summed E-state index contributed by atoms with van der Waals surface area (Å²) in [6, 6.07) is 8.94. The molecular formula is C21H25NO4. The molecule has 1 fully saturated rings. The van der Waals surface area contributed by atoms with Gasteiger partial charge in [0, 0.05) is 19.0 Å². The number of nitrogens with zero attached hydrogens (tertiary/aromatic N) is 1. The lowest BCUT2D eigenvalue weighted by Gasteiger charge is -2.32. The summed E-state index contributed by atoms with van der Waals surface area (Å²) >= 11 is 0. The van der Waals surface area contributed by atoms with E-state index in [1.807, 2.05) is 30.9 Å². The quantitative estimate of drug-likeness (QED) is 0.873. The number of benzene rings is 1. The number of piperidine rings is 1. The van der Waals surface area contributed by atoms with Gasteiger partial charge in [-0.05, 0) is 42.9 Å². The van der Waals surface area contributed by atoms with Gasteiger partial charge in [-0.25, -0.2) is 4.79 Å². The van der Waals surface area contributed by atoms with Gasteiger partial charge in [-0.15, -0.1) is 0 Å². The molecule has 0 unspecified atom stereocenters. The Kier molecular flexibility index (Phi) is 5.45. The first kappa shape index (κ1) is 18.2. The molecule has 1 amide bonds. The minimum atomic E-state index is -0.880. The van der Waals surface area contributed by atoms with Crippen LogP contribution >= 0.6 is 0 Å². The summed E-state index contributed by atoms with van der Waals surface area (Å²) in [5.74, 6) is 0.469. The van der Waals surface area contributed by atoms with E-state index >= 15 is 0 Å². The molecule has 3 rings (SSSR count). The molecule has 1 aromatic carbocycles. The second-order valence-corrected chi connectivity index (χ2v) is 7.26. The largest absolute Gasteiger partial charge is 0.478 e. The normalized spacial score (nSPS) is 15.4. The number of amides is 1. The summed E-state index contributed by atoms with van der Waals surface area (Å²) in [4.78, 5) is 26.0. The molecule has 0 saturated carbocycles. The van der Waals surface area contributed by atoms with Crippen LogP contribution in [0.4, 0.5) is 0 Å². The predicted molar refractivity (Wildman–Crippen MR) is 98.5 cm³/mol. The Morgan fingerprint density at radius 2 is 1.85 bits per heavy atom. The van der Waals surface area contributed by atoms with Crippen molar-refractivity contribution in [1.82, 2.24) is 4.90 Å². The molecule has 26 heavy (non-hydrogen) atoms. The Balaban J connectivity index is 1.62. The van der Waals surface area contributed by atoms with Gasteiger partial charge in [0.25, 0.3) is 5.91 Å². The van der Waals surface area contributed by atoms with E-state index < -0.39 is 5.97 Å². The van der Waals surface area contributed by atoms with Crippen molar-refractivity contribution in [3.63, 3.8) is 0 Å². The SMILES string of the molecule is CC(C)c1occc1C(=O)N1CCC(Cc2ccccc2C(=O)O)CC1. The van der Waals surface area contributed by atoms with Crippen LogP contribution in [0.5, 0.6) is 0 Å². The van der Waals surface area contributed by atoms with E-state index in [9.17, 15) is 14.7 Å². The first-order valence-corrected chi connectivity index (χ1v) is 9.15.